The third kappa shape index (κ3) is 20.3. The maximum absolute atomic E-state index is 5.58. The van der Waals surface area contributed by atoms with Crippen LogP contribution in [0.15, 0.2) is 122 Å². The zero-order valence-corrected chi connectivity index (χ0v) is 50.9. The summed E-state index contributed by atoms with van der Waals surface area (Å²) in [4.78, 5) is 7.51. The quantitative estimate of drug-likeness (QED) is 0.121. The molecule has 0 atom stereocenters. The van der Waals surface area contributed by atoms with Gasteiger partial charge in [-0.2, -0.15) is 0 Å². The van der Waals surface area contributed by atoms with Crippen molar-refractivity contribution >= 4 is 54.5 Å². The molecule has 13 heteroatoms. The Kier molecular flexibility index (Phi) is 27.9. The van der Waals surface area contributed by atoms with E-state index in [9.17, 15) is 0 Å². The van der Waals surface area contributed by atoms with Crippen LogP contribution in [0, 0.1) is 41.5 Å². The van der Waals surface area contributed by atoms with Gasteiger partial charge in [-0.05, 0) is 145 Å². The Bertz CT molecular complexity index is 2330. The summed E-state index contributed by atoms with van der Waals surface area (Å²) in [5.74, 6) is 14.8. The van der Waals surface area contributed by atoms with Gasteiger partial charge in [0.1, 0.15) is 74.8 Å². The van der Waals surface area contributed by atoms with E-state index in [1.165, 1.54) is 106 Å². The van der Waals surface area contributed by atoms with Crippen LogP contribution in [0.3, 0.4) is 0 Å². The molecule has 5 saturated heterocycles. The summed E-state index contributed by atoms with van der Waals surface area (Å²) in [5, 5.41) is 0. The summed E-state index contributed by atoms with van der Waals surface area (Å²) in [6.45, 7) is 28.3. The Morgan fingerprint density at radius 2 is 0.747 bits per heavy atom. The Hall–Kier alpha value is -2.95. The number of rotatable bonds is 11. The fraction of sp³-hybridized carbons (Fsp3) is 0.516. The normalized spacial score (nSPS) is 17.8. The smallest absolute Gasteiger partial charge is 0.160 e. The average molecular weight is 1120 g/mol. The van der Waals surface area contributed by atoms with Gasteiger partial charge in [-0.3, -0.25) is 0 Å². The molecule has 410 valence electrons. The summed E-state index contributed by atoms with van der Waals surface area (Å²) in [5.41, 5.74) is 8.70. The van der Waals surface area contributed by atoms with Gasteiger partial charge in [0.15, 0.2) is 24.5 Å². The first-order chi connectivity index (χ1) is 36.6. The van der Waals surface area contributed by atoms with Crippen molar-refractivity contribution in [3.8, 4) is 17.2 Å². The first kappa shape index (κ1) is 61.3. The summed E-state index contributed by atoms with van der Waals surface area (Å²) in [6.07, 6.45) is 1.06. The van der Waals surface area contributed by atoms with Crippen LogP contribution >= 0.6 is 0 Å². The summed E-state index contributed by atoms with van der Waals surface area (Å²) >= 11 is 0. The SMILES string of the molecule is CCCOc1ccc([S+]2CCOCC2)cc1.CCOc1ccc([S+]2CCOCC2)cc1.COc1ccc([S+]2CCOCC2)cc1.Cc1cc(C)c([S+]2CCOCC2)c(C)c1.Cc1ccc([S+]2CCOCC2)c(C)c1C. The number of hydrogen-bond donors (Lipinski definition) is 0. The summed E-state index contributed by atoms with van der Waals surface area (Å²) < 4.78 is 43.1. The van der Waals surface area contributed by atoms with Crippen LogP contribution in [0.2, 0.25) is 0 Å². The zero-order valence-electron chi connectivity index (χ0n) is 46.8. The van der Waals surface area contributed by atoms with Crippen LogP contribution in [-0.4, -0.2) is 144 Å². The standard InChI is InChI=1S/C13H19O2S.2C13H19OS.C12H17O2S.C11H15O2S/c1-2-7-15-12-3-5-13(6-4-12)16-10-8-14-9-11-16;1-10-8-11(2)13(12(3)9-10)15-6-4-14-5-7-15;1-10-4-5-13(12(3)11(10)2)15-8-6-14-7-9-15;1-2-14-11-3-5-12(6-4-11)15-9-7-13-8-10-15;1-12-10-2-4-11(5-3-10)14-8-6-13-7-9-14/h3-6H,2,7-11H2,1H3;8-9H,4-7H2,1-3H3;4-5H,6-9H2,1-3H3;3-6H,2,7-10H2,1H3;2-5H,6-9H2,1H3/q5*+1. The highest BCUT2D eigenvalue weighted by molar-refractivity contribution is 7.98. The van der Waals surface area contributed by atoms with E-state index in [0.717, 1.165) is 103 Å². The van der Waals surface area contributed by atoms with Crippen molar-refractivity contribution in [2.75, 3.05) is 144 Å². The van der Waals surface area contributed by atoms with Crippen molar-refractivity contribution in [2.24, 2.45) is 0 Å². The Labute approximate surface area is 467 Å². The Balaban J connectivity index is 0.000000152. The number of ether oxygens (including phenoxy) is 8. The van der Waals surface area contributed by atoms with Crippen molar-refractivity contribution in [2.45, 2.75) is 86.3 Å². The molecule has 0 spiro atoms. The van der Waals surface area contributed by atoms with Crippen LogP contribution in [-0.2, 0) is 78.2 Å². The number of aryl methyl sites for hydroxylation is 4. The Morgan fingerprint density at radius 3 is 1.12 bits per heavy atom. The predicted molar refractivity (Wildman–Crippen MR) is 325 cm³/mol. The zero-order chi connectivity index (χ0) is 53.2. The number of benzene rings is 5. The van der Waals surface area contributed by atoms with Crippen molar-refractivity contribution in [1.82, 2.24) is 0 Å². The van der Waals surface area contributed by atoms with Gasteiger partial charge in [0.2, 0.25) is 0 Å². The lowest BCUT2D eigenvalue weighted by Crippen LogP contribution is -2.27. The molecule has 0 N–H and O–H groups in total. The third-order valence-electron chi connectivity index (χ3n) is 13.4. The lowest BCUT2D eigenvalue weighted by atomic mass is 10.1. The van der Waals surface area contributed by atoms with E-state index in [1.54, 1.807) is 16.9 Å². The van der Waals surface area contributed by atoms with Gasteiger partial charge in [-0.15, -0.1) is 0 Å². The first-order valence-electron chi connectivity index (χ1n) is 27.1. The molecule has 5 aromatic carbocycles. The van der Waals surface area contributed by atoms with Crippen LogP contribution in [0.4, 0.5) is 0 Å². The minimum absolute atomic E-state index is 0.397. The molecule has 0 bridgehead atoms. The molecular formula is C62H89O8S5+5. The van der Waals surface area contributed by atoms with Gasteiger partial charge in [0, 0.05) is 71.2 Å². The first-order valence-corrected chi connectivity index (χ1v) is 34.9. The van der Waals surface area contributed by atoms with Crippen molar-refractivity contribution in [3.05, 3.63) is 130 Å². The van der Waals surface area contributed by atoms with Crippen LogP contribution < -0.4 is 14.2 Å². The topological polar surface area (TPSA) is 73.8 Å². The van der Waals surface area contributed by atoms with Gasteiger partial charge in [-0.1, -0.05) is 30.7 Å². The highest BCUT2D eigenvalue weighted by Crippen LogP contribution is 2.28. The molecule has 0 saturated carbocycles. The average Bonchev–Trinajstić information content (AvgIpc) is 3.46. The minimum atomic E-state index is 0.397. The number of hydrogen-bond acceptors (Lipinski definition) is 8. The molecule has 5 aliphatic heterocycles. The van der Waals surface area contributed by atoms with E-state index in [1.807, 2.05) is 19.1 Å². The van der Waals surface area contributed by atoms with Crippen LogP contribution in [0.5, 0.6) is 17.2 Å². The molecule has 0 aliphatic carbocycles. The van der Waals surface area contributed by atoms with Gasteiger partial charge >= 0.3 is 0 Å². The van der Waals surface area contributed by atoms with E-state index in [0.29, 0.717) is 54.5 Å². The van der Waals surface area contributed by atoms with Gasteiger partial charge in [0.25, 0.3) is 0 Å². The molecule has 0 unspecified atom stereocenters. The van der Waals surface area contributed by atoms with Crippen molar-refractivity contribution in [1.29, 1.82) is 0 Å². The largest absolute Gasteiger partial charge is 0.497 e. The molecule has 0 radical (unpaired) electrons. The lowest BCUT2D eigenvalue weighted by molar-refractivity contribution is 0.159. The van der Waals surface area contributed by atoms with E-state index in [4.69, 9.17) is 37.9 Å². The molecule has 5 aromatic rings. The van der Waals surface area contributed by atoms with Gasteiger partial charge in [-0.25, -0.2) is 0 Å². The van der Waals surface area contributed by atoms with E-state index >= 15 is 0 Å². The molecule has 0 amide bonds. The molecule has 5 aliphatic rings. The van der Waals surface area contributed by atoms with Crippen molar-refractivity contribution in [3.63, 3.8) is 0 Å². The molecule has 10 rings (SSSR count). The van der Waals surface area contributed by atoms with E-state index < -0.39 is 0 Å². The fourth-order valence-corrected chi connectivity index (χ4v) is 19.1. The molecule has 8 nitrogen and oxygen atoms in total. The Morgan fingerprint density at radius 1 is 0.387 bits per heavy atom. The number of methoxy groups -OCH3 is 1. The second-order valence-corrected chi connectivity index (χ2v) is 30.1. The fourth-order valence-electron chi connectivity index (χ4n) is 9.22. The lowest BCUT2D eigenvalue weighted by Gasteiger charge is -2.17. The van der Waals surface area contributed by atoms with Gasteiger partial charge in [0.05, 0.1) is 86.4 Å². The maximum Gasteiger partial charge on any atom is 0.160 e. The molecular weight excluding hydrogens is 1030 g/mol. The molecule has 0 aromatic heterocycles. The van der Waals surface area contributed by atoms with Gasteiger partial charge < -0.3 is 37.9 Å². The van der Waals surface area contributed by atoms with Crippen LogP contribution in [0.1, 0.15) is 53.6 Å². The minimum Gasteiger partial charge on any atom is -0.497 e. The predicted octanol–water partition coefficient (Wildman–Crippen LogP) is 11.5. The van der Waals surface area contributed by atoms with Crippen LogP contribution in [0.25, 0.3) is 0 Å². The second-order valence-electron chi connectivity index (χ2n) is 18.8. The monoisotopic (exact) mass is 1120 g/mol. The van der Waals surface area contributed by atoms with Crippen molar-refractivity contribution < 1.29 is 37.9 Å². The van der Waals surface area contributed by atoms with E-state index in [2.05, 4.69) is 133 Å². The highest BCUT2D eigenvalue weighted by Gasteiger charge is 2.31. The summed E-state index contributed by atoms with van der Waals surface area (Å²) in [6, 6.07) is 34.8. The summed E-state index contributed by atoms with van der Waals surface area (Å²) in [7, 11) is 3.77. The molecule has 5 heterocycles. The molecule has 75 heavy (non-hydrogen) atoms. The second kappa shape index (κ2) is 34.1. The van der Waals surface area contributed by atoms with E-state index in [-0.39, 0.29) is 0 Å². The molecule has 5 fully saturated rings. The third-order valence-corrected chi connectivity index (χ3v) is 25.1. The highest BCUT2D eigenvalue weighted by atomic mass is 32.2. The maximum atomic E-state index is 5.58.